The van der Waals surface area contributed by atoms with Gasteiger partial charge < -0.3 is 5.32 Å². The Labute approximate surface area is 113 Å². The fourth-order valence-corrected chi connectivity index (χ4v) is 3.61. The standard InChI is InChI=1S/C15H20N2O2/c18-17(19)14-8-4-7-13-12(10-16-15(13)14)9-11-5-2-1-3-6-11/h4,7-8,11-12,16H,1-3,5-6,9-10H2. The van der Waals surface area contributed by atoms with Gasteiger partial charge in [0.2, 0.25) is 0 Å². The molecule has 1 aliphatic heterocycles. The highest BCUT2D eigenvalue weighted by atomic mass is 16.6. The van der Waals surface area contributed by atoms with E-state index >= 15 is 0 Å². The first-order chi connectivity index (χ1) is 9.25. The normalized spacial score (nSPS) is 22.8. The van der Waals surface area contributed by atoms with E-state index in [1.54, 1.807) is 6.07 Å². The van der Waals surface area contributed by atoms with Crippen LogP contribution in [0.3, 0.4) is 0 Å². The van der Waals surface area contributed by atoms with Crippen LogP contribution >= 0.6 is 0 Å². The van der Waals surface area contributed by atoms with E-state index in [9.17, 15) is 10.1 Å². The minimum absolute atomic E-state index is 0.226. The van der Waals surface area contributed by atoms with Gasteiger partial charge in [0.1, 0.15) is 5.69 Å². The Bertz CT molecular complexity index is 481. The minimum Gasteiger partial charge on any atom is -0.379 e. The fourth-order valence-electron chi connectivity index (χ4n) is 3.61. The molecule has 4 nitrogen and oxygen atoms in total. The van der Waals surface area contributed by atoms with Crippen molar-refractivity contribution in [3.63, 3.8) is 0 Å². The van der Waals surface area contributed by atoms with Crippen LogP contribution in [-0.2, 0) is 0 Å². The summed E-state index contributed by atoms with van der Waals surface area (Å²) >= 11 is 0. The number of hydrogen-bond acceptors (Lipinski definition) is 3. The predicted octanol–water partition coefficient (Wildman–Crippen LogP) is 4.07. The number of nitrogens with zero attached hydrogens (tertiary/aromatic N) is 1. The molecular formula is C15H20N2O2. The molecule has 102 valence electrons. The van der Waals surface area contributed by atoms with Crippen molar-refractivity contribution >= 4 is 11.4 Å². The number of nitro groups is 1. The quantitative estimate of drug-likeness (QED) is 0.658. The van der Waals surface area contributed by atoms with E-state index in [-0.39, 0.29) is 10.6 Å². The number of anilines is 1. The van der Waals surface area contributed by atoms with Crippen molar-refractivity contribution in [3.8, 4) is 0 Å². The van der Waals surface area contributed by atoms with Crippen LogP contribution in [0.1, 0.15) is 50.0 Å². The monoisotopic (exact) mass is 260 g/mol. The van der Waals surface area contributed by atoms with E-state index in [1.165, 1.54) is 38.5 Å². The Balaban J connectivity index is 1.78. The van der Waals surface area contributed by atoms with Crippen molar-refractivity contribution in [1.82, 2.24) is 0 Å². The fraction of sp³-hybridized carbons (Fsp3) is 0.600. The van der Waals surface area contributed by atoms with Crippen LogP contribution in [0.2, 0.25) is 0 Å². The maximum Gasteiger partial charge on any atom is 0.292 e. The summed E-state index contributed by atoms with van der Waals surface area (Å²) in [6, 6.07) is 5.46. The number of benzene rings is 1. The highest BCUT2D eigenvalue weighted by molar-refractivity contribution is 5.70. The molecule has 1 atom stereocenters. The van der Waals surface area contributed by atoms with E-state index in [2.05, 4.69) is 11.4 Å². The number of nitro benzene ring substituents is 1. The molecule has 1 unspecified atom stereocenters. The summed E-state index contributed by atoms with van der Waals surface area (Å²) in [5.41, 5.74) is 2.14. The van der Waals surface area contributed by atoms with Gasteiger partial charge in [-0.1, -0.05) is 44.2 Å². The maximum atomic E-state index is 11.0. The Morgan fingerprint density at radius 2 is 2.05 bits per heavy atom. The zero-order valence-electron chi connectivity index (χ0n) is 11.1. The van der Waals surface area contributed by atoms with Crippen molar-refractivity contribution < 1.29 is 4.92 Å². The number of fused-ring (bicyclic) bond motifs is 1. The third-order valence-corrected chi connectivity index (χ3v) is 4.58. The summed E-state index contributed by atoms with van der Waals surface area (Å²) in [7, 11) is 0. The minimum atomic E-state index is -0.283. The third-order valence-electron chi connectivity index (χ3n) is 4.58. The van der Waals surface area contributed by atoms with Crippen LogP contribution in [0.15, 0.2) is 18.2 Å². The molecule has 4 heteroatoms. The van der Waals surface area contributed by atoms with E-state index in [4.69, 9.17) is 0 Å². The summed E-state index contributed by atoms with van der Waals surface area (Å²) < 4.78 is 0. The summed E-state index contributed by atoms with van der Waals surface area (Å²) in [6.07, 6.45) is 7.93. The summed E-state index contributed by atoms with van der Waals surface area (Å²) in [6.45, 7) is 0.858. The van der Waals surface area contributed by atoms with Crippen molar-refractivity contribution in [2.45, 2.75) is 44.4 Å². The van der Waals surface area contributed by atoms with Crippen LogP contribution in [0, 0.1) is 16.0 Å². The molecular weight excluding hydrogens is 240 g/mol. The molecule has 0 aromatic heterocycles. The lowest BCUT2D eigenvalue weighted by Crippen LogP contribution is -2.12. The molecule has 1 N–H and O–H groups in total. The van der Waals surface area contributed by atoms with Crippen molar-refractivity contribution in [2.75, 3.05) is 11.9 Å². The predicted molar refractivity (Wildman–Crippen MR) is 75.5 cm³/mol. The van der Waals surface area contributed by atoms with E-state index < -0.39 is 0 Å². The first-order valence-corrected chi connectivity index (χ1v) is 7.27. The lowest BCUT2D eigenvalue weighted by molar-refractivity contribution is -0.383. The Morgan fingerprint density at radius 1 is 1.26 bits per heavy atom. The molecule has 3 rings (SSSR count). The SMILES string of the molecule is O=[N+]([O-])c1cccc2c1NCC2CC1CCCCC1. The first-order valence-electron chi connectivity index (χ1n) is 7.27. The summed E-state index contributed by atoms with van der Waals surface area (Å²) in [5, 5.41) is 14.3. The van der Waals surface area contributed by atoms with Crippen molar-refractivity contribution in [3.05, 3.63) is 33.9 Å². The van der Waals surface area contributed by atoms with Crippen LogP contribution in [0.4, 0.5) is 11.4 Å². The van der Waals surface area contributed by atoms with Gasteiger partial charge in [0.25, 0.3) is 5.69 Å². The van der Waals surface area contributed by atoms with E-state index in [0.717, 1.165) is 23.7 Å². The van der Waals surface area contributed by atoms with Crippen LogP contribution in [0.5, 0.6) is 0 Å². The number of rotatable bonds is 3. The molecule has 0 saturated heterocycles. The van der Waals surface area contributed by atoms with E-state index in [0.29, 0.717) is 5.92 Å². The van der Waals surface area contributed by atoms with Gasteiger partial charge in [-0.05, 0) is 17.9 Å². The molecule has 19 heavy (non-hydrogen) atoms. The zero-order chi connectivity index (χ0) is 13.2. The molecule has 0 bridgehead atoms. The summed E-state index contributed by atoms with van der Waals surface area (Å²) in [5.74, 6) is 1.27. The van der Waals surface area contributed by atoms with Gasteiger partial charge >= 0.3 is 0 Å². The highest BCUT2D eigenvalue weighted by Gasteiger charge is 2.30. The van der Waals surface area contributed by atoms with Gasteiger partial charge in [-0.2, -0.15) is 0 Å². The second-order valence-electron chi connectivity index (χ2n) is 5.82. The molecule has 0 spiro atoms. The van der Waals surface area contributed by atoms with Gasteiger partial charge in [-0.3, -0.25) is 10.1 Å². The average molecular weight is 260 g/mol. The van der Waals surface area contributed by atoms with Gasteiger partial charge in [0.05, 0.1) is 4.92 Å². The molecule has 1 aromatic carbocycles. The van der Waals surface area contributed by atoms with Gasteiger partial charge in [0.15, 0.2) is 0 Å². The molecule has 1 aliphatic carbocycles. The lowest BCUT2D eigenvalue weighted by atomic mass is 9.81. The Morgan fingerprint density at radius 3 is 2.79 bits per heavy atom. The number of nitrogens with one attached hydrogen (secondary N) is 1. The third kappa shape index (κ3) is 2.44. The second-order valence-corrected chi connectivity index (χ2v) is 5.82. The molecule has 2 aliphatic rings. The van der Waals surface area contributed by atoms with Crippen molar-refractivity contribution in [2.24, 2.45) is 5.92 Å². The molecule has 1 fully saturated rings. The second kappa shape index (κ2) is 5.19. The van der Waals surface area contributed by atoms with Gasteiger partial charge in [0, 0.05) is 18.5 Å². The topological polar surface area (TPSA) is 55.2 Å². The average Bonchev–Trinajstić information content (AvgIpc) is 2.83. The first kappa shape index (κ1) is 12.5. The smallest absolute Gasteiger partial charge is 0.292 e. The highest BCUT2D eigenvalue weighted by Crippen LogP contribution is 2.42. The van der Waals surface area contributed by atoms with Crippen LogP contribution in [-0.4, -0.2) is 11.5 Å². The van der Waals surface area contributed by atoms with Gasteiger partial charge in [-0.25, -0.2) is 0 Å². The molecule has 1 aromatic rings. The lowest BCUT2D eigenvalue weighted by Gasteiger charge is -2.24. The Hall–Kier alpha value is -1.58. The molecule has 1 saturated carbocycles. The molecule has 0 radical (unpaired) electrons. The van der Waals surface area contributed by atoms with Crippen LogP contribution < -0.4 is 5.32 Å². The zero-order valence-corrected chi connectivity index (χ0v) is 11.1. The number of hydrogen-bond donors (Lipinski definition) is 1. The maximum absolute atomic E-state index is 11.0. The number of para-hydroxylation sites is 1. The Kier molecular flexibility index (Phi) is 3.40. The molecule has 0 amide bonds. The largest absolute Gasteiger partial charge is 0.379 e. The van der Waals surface area contributed by atoms with E-state index in [1.807, 2.05) is 6.07 Å². The van der Waals surface area contributed by atoms with Crippen molar-refractivity contribution in [1.29, 1.82) is 0 Å². The molecule has 1 heterocycles. The van der Waals surface area contributed by atoms with Gasteiger partial charge in [-0.15, -0.1) is 0 Å². The summed E-state index contributed by atoms with van der Waals surface area (Å²) in [4.78, 5) is 10.7. The van der Waals surface area contributed by atoms with Crippen LogP contribution in [0.25, 0.3) is 0 Å².